The first-order chi connectivity index (χ1) is 12.1. The molecule has 0 spiro atoms. The Hall–Kier alpha value is -1.38. The highest BCUT2D eigenvalue weighted by Gasteiger charge is 2.23. The van der Waals surface area contributed by atoms with Gasteiger partial charge in [0.05, 0.1) is 5.56 Å². The molecule has 0 aliphatic carbocycles. The molecule has 142 valence electrons. The van der Waals surface area contributed by atoms with Crippen molar-refractivity contribution in [1.29, 1.82) is 0 Å². The van der Waals surface area contributed by atoms with Crippen LogP contribution in [-0.2, 0) is 25.7 Å². The van der Waals surface area contributed by atoms with Crippen LogP contribution in [0.15, 0.2) is 0 Å². The van der Waals surface area contributed by atoms with Gasteiger partial charge < -0.3 is 5.11 Å². The predicted octanol–water partition coefficient (Wildman–Crippen LogP) is 6.15. The van der Waals surface area contributed by atoms with Gasteiger partial charge in [-0.25, -0.2) is 4.79 Å². The Bertz CT molecular complexity index is 499. The van der Waals surface area contributed by atoms with Crippen molar-refractivity contribution in [2.24, 2.45) is 0 Å². The first-order valence-electron chi connectivity index (χ1n) is 10.4. The standard InChI is InChI=1S/C22H37NO2/c1-5-9-13-17-19(15-11-7-3)23-20(16-12-8-4)18(14-10-6-2)21(17)22(24)25/h5-16H2,1-4H3,(H,24,25). The zero-order valence-electron chi connectivity index (χ0n) is 16.8. The van der Waals surface area contributed by atoms with Crippen molar-refractivity contribution in [3.05, 3.63) is 28.1 Å². The van der Waals surface area contributed by atoms with Crippen LogP contribution in [0.2, 0.25) is 0 Å². The summed E-state index contributed by atoms with van der Waals surface area (Å²) < 4.78 is 0. The fraction of sp³-hybridized carbons (Fsp3) is 0.727. The lowest BCUT2D eigenvalue weighted by molar-refractivity contribution is 0.0693. The second-order valence-electron chi connectivity index (χ2n) is 7.06. The molecule has 1 aromatic heterocycles. The van der Waals surface area contributed by atoms with Gasteiger partial charge in [-0.15, -0.1) is 0 Å². The van der Waals surface area contributed by atoms with Crippen LogP contribution in [0.5, 0.6) is 0 Å². The Morgan fingerprint density at radius 1 is 0.720 bits per heavy atom. The molecule has 1 aromatic rings. The summed E-state index contributed by atoms with van der Waals surface area (Å²) in [5, 5.41) is 10.0. The normalized spacial score (nSPS) is 11.0. The fourth-order valence-corrected chi connectivity index (χ4v) is 3.37. The molecule has 0 bridgehead atoms. The molecule has 0 unspecified atom stereocenters. The summed E-state index contributed by atoms with van der Waals surface area (Å²) in [6.45, 7) is 8.68. The van der Waals surface area contributed by atoms with Crippen LogP contribution < -0.4 is 0 Å². The van der Waals surface area contributed by atoms with Crippen molar-refractivity contribution in [1.82, 2.24) is 4.98 Å². The molecule has 3 heteroatoms. The number of carboxylic acids is 1. The molecule has 0 aliphatic heterocycles. The Morgan fingerprint density at radius 2 is 1.08 bits per heavy atom. The van der Waals surface area contributed by atoms with E-state index in [9.17, 15) is 9.90 Å². The first-order valence-corrected chi connectivity index (χ1v) is 10.4. The van der Waals surface area contributed by atoms with E-state index in [-0.39, 0.29) is 0 Å². The zero-order chi connectivity index (χ0) is 18.7. The van der Waals surface area contributed by atoms with Gasteiger partial charge in [0.1, 0.15) is 0 Å². The van der Waals surface area contributed by atoms with Crippen molar-refractivity contribution >= 4 is 5.97 Å². The lowest BCUT2D eigenvalue weighted by atomic mass is 9.89. The van der Waals surface area contributed by atoms with Gasteiger partial charge in [0.25, 0.3) is 0 Å². The van der Waals surface area contributed by atoms with Crippen molar-refractivity contribution in [3.8, 4) is 0 Å². The fourth-order valence-electron chi connectivity index (χ4n) is 3.37. The van der Waals surface area contributed by atoms with Crippen molar-refractivity contribution in [3.63, 3.8) is 0 Å². The monoisotopic (exact) mass is 347 g/mol. The summed E-state index contributed by atoms with van der Waals surface area (Å²) in [6.07, 6.45) is 12.1. The summed E-state index contributed by atoms with van der Waals surface area (Å²) >= 11 is 0. The quantitative estimate of drug-likeness (QED) is 0.465. The number of pyridine rings is 1. The van der Waals surface area contributed by atoms with Crippen molar-refractivity contribution in [2.45, 2.75) is 105 Å². The molecule has 0 amide bonds. The number of carbonyl (C=O) groups is 1. The molecule has 0 radical (unpaired) electrons. The maximum Gasteiger partial charge on any atom is 0.336 e. The van der Waals surface area contributed by atoms with Gasteiger partial charge in [-0.3, -0.25) is 4.98 Å². The van der Waals surface area contributed by atoms with E-state index in [4.69, 9.17) is 4.98 Å². The molecule has 0 atom stereocenters. The number of aromatic nitrogens is 1. The Balaban J connectivity index is 3.48. The molecule has 0 saturated carbocycles. The number of hydrogen-bond acceptors (Lipinski definition) is 2. The topological polar surface area (TPSA) is 50.2 Å². The zero-order valence-corrected chi connectivity index (χ0v) is 16.8. The van der Waals surface area contributed by atoms with Gasteiger partial charge in [0.2, 0.25) is 0 Å². The van der Waals surface area contributed by atoms with E-state index in [2.05, 4.69) is 27.7 Å². The summed E-state index contributed by atoms with van der Waals surface area (Å²) in [5.41, 5.74) is 4.75. The number of rotatable bonds is 13. The van der Waals surface area contributed by atoms with E-state index >= 15 is 0 Å². The smallest absolute Gasteiger partial charge is 0.336 e. The first kappa shape index (κ1) is 21.7. The second kappa shape index (κ2) is 12.1. The van der Waals surface area contributed by atoms with Crippen LogP contribution in [0.1, 0.15) is 112 Å². The van der Waals surface area contributed by atoms with E-state index in [1.165, 1.54) is 0 Å². The molecule has 1 rings (SSSR count). The van der Waals surface area contributed by atoms with Gasteiger partial charge in [-0.2, -0.15) is 0 Å². The molecule has 1 heterocycles. The molecule has 25 heavy (non-hydrogen) atoms. The highest BCUT2D eigenvalue weighted by molar-refractivity contribution is 5.91. The SMILES string of the molecule is CCCCc1nc(CCCC)c(CCCC)c(C(=O)O)c1CCCC. The van der Waals surface area contributed by atoms with Crippen molar-refractivity contribution in [2.75, 3.05) is 0 Å². The van der Waals surface area contributed by atoms with Gasteiger partial charge in [0.15, 0.2) is 0 Å². The third-order valence-electron chi connectivity index (χ3n) is 4.88. The maximum atomic E-state index is 12.2. The molecule has 0 aliphatic rings. The number of carboxylic acid groups (broad SMARTS) is 1. The highest BCUT2D eigenvalue weighted by atomic mass is 16.4. The van der Waals surface area contributed by atoms with Gasteiger partial charge >= 0.3 is 5.97 Å². The molecule has 3 nitrogen and oxygen atoms in total. The van der Waals surface area contributed by atoms with Gasteiger partial charge in [0, 0.05) is 11.4 Å². The Labute approximate surface area is 154 Å². The van der Waals surface area contributed by atoms with Crippen LogP contribution in [0.25, 0.3) is 0 Å². The summed E-state index contributed by atoms with van der Waals surface area (Å²) in [6, 6.07) is 0. The van der Waals surface area contributed by atoms with E-state index < -0.39 is 5.97 Å². The van der Waals surface area contributed by atoms with E-state index in [1.54, 1.807) is 0 Å². The average molecular weight is 348 g/mol. The predicted molar refractivity (Wildman–Crippen MR) is 106 cm³/mol. The number of unbranched alkanes of at least 4 members (excludes halogenated alkanes) is 4. The maximum absolute atomic E-state index is 12.2. The number of aromatic carboxylic acids is 1. The summed E-state index contributed by atoms with van der Waals surface area (Å²) in [7, 11) is 0. The molecule has 0 aromatic carbocycles. The largest absolute Gasteiger partial charge is 0.478 e. The second-order valence-corrected chi connectivity index (χ2v) is 7.06. The van der Waals surface area contributed by atoms with Crippen molar-refractivity contribution < 1.29 is 9.90 Å². The average Bonchev–Trinajstić information content (AvgIpc) is 2.61. The minimum absolute atomic E-state index is 0.592. The molecule has 0 saturated heterocycles. The van der Waals surface area contributed by atoms with Crippen LogP contribution >= 0.6 is 0 Å². The van der Waals surface area contributed by atoms with Gasteiger partial charge in [-0.1, -0.05) is 53.4 Å². The Kier molecular flexibility index (Phi) is 10.4. The van der Waals surface area contributed by atoms with Crippen LogP contribution in [-0.4, -0.2) is 16.1 Å². The molecular formula is C22H37NO2. The highest BCUT2D eigenvalue weighted by Crippen LogP contribution is 2.27. The minimum Gasteiger partial charge on any atom is -0.478 e. The molecule has 0 fully saturated rings. The van der Waals surface area contributed by atoms with E-state index in [0.717, 1.165) is 99.6 Å². The van der Waals surface area contributed by atoms with Crippen LogP contribution in [0.4, 0.5) is 0 Å². The lowest BCUT2D eigenvalue weighted by Crippen LogP contribution is -2.16. The third-order valence-corrected chi connectivity index (χ3v) is 4.88. The lowest BCUT2D eigenvalue weighted by Gasteiger charge is -2.20. The molecular weight excluding hydrogens is 310 g/mol. The summed E-state index contributed by atoms with van der Waals surface area (Å²) in [4.78, 5) is 17.2. The minimum atomic E-state index is -0.755. The Morgan fingerprint density at radius 3 is 1.40 bits per heavy atom. The summed E-state index contributed by atoms with van der Waals surface area (Å²) in [5.74, 6) is -0.755. The third kappa shape index (κ3) is 6.45. The number of aryl methyl sites for hydroxylation is 2. The molecule has 1 N–H and O–H groups in total. The number of nitrogens with zero attached hydrogens (tertiary/aromatic N) is 1. The van der Waals surface area contributed by atoms with E-state index in [0.29, 0.717) is 5.56 Å². The van der Waals surface area contributed by atoms with Crippen LogP contribution in [0.3, 0.4) is 0 Å². The van der Waals surface area contributed by atoms with Crippen LogP contribution in [0, 0.1) is 0 Å². The van der Waals surface area contributed by atoms with E-state index in [1.807, 2.05) is 0 Å². The number of hydrogen-bond donors (Lipinski definition) is 1. The van der Waals surface area contributed by atoms with Gasteiger partial charge in [-0.05, 0) is 62.5 Å².